The average molecular weight is 327 g/mol. The Hall–Kier alpha value is -2.60. The summed E-state index contributed by atoms with van der Waals surface area (Å²) >= 11 is 1.30. The fraction of sp³-hybridized carbons (Fsp3) is 0.118. The van der Waals surface area contributed by atoms with Crippen molar-refractivity contribution >= 4 is 17.2 Å². The molecule has 1 N–H and O–H groups in total. The van der Waals surface area contributed by atoms with E-state index in [1.165, 1.54) is 23.5 Å². The molecule has 0 aliphatic heterocycles. The van der Waals surface area contributed by atoms with Gasteiger partial charge in [0.25, 0.3) is 5.91 Å². The van der Waals surface area contributed by atoms with E-state index < -0.39 is 0 Å². The summed E-state index contributed by atoms with van der Waals surface area (Å²) in [5, 5.41) is 3.58. The Kier molecular flexibility index (Phi) is 4.43. The number of rotatable bonds is 4. The molecule has 23 heavy (non-hydrogen) atoms. The van der Waals surface area contributed by atoms with Gasteiger partial charge in [0, 0.05) is 24.5 Å². The zero-order valence-corrected chi connectivity index (χ0v) is 13.2. The molecule has 0 aliphatic carbocycles. The van der Waals surface area contributed by atoms with E-state index >= 15 is 0 Å². The predicted octanol–water partition coefficient (Wildman–Crippen LogP) is 3.58. The van der Waals surface area contributed by atoms with Crippen LogP contribution < -0.4 is 5.32 Å². The van der Waals surface area contributed by atoms with E-state index in [9.17, 15) is 9.18 Å². The van der Waals surface area contributed by atoms with E-state index in [-0.39, 0.29) is 11.7 Å². The molecule has 0 fully saturated rings. The lowest BCUT2D eigenvalue weighted by atomic mass is 10.2. The molecule has 0 saturated carbocycles. The summed E-state index contributed by atoms with van der Waals surface area (Å²) in [6.45, 7) is 2.23. The molecule has 1 aromatic carbocycles. The van der Waals surface area contributed by atoms with Crippen molar-refractivity contribution in [2.24, 2.45) is 0 Å². The number of hydrogen-bond acceptors (Lipinski definition) is 4. The van der Waals surface area contributed by atoms with E-state index in [4.69, 9.17) is 0 Å². The summed E-state index contributed by atoms with van der Waals surface area (Å²) in [6.07, 6.45) is 3.37. The summed E-state index contributed by atoms with van der Waals surface area (Å²) in [4.78, 5) is 21.2. The molecule has 2 aromatic heterocycles. The van der Waals surface area contributed by atoms with Crippen LogP contribution in [0.5, 0.6) is 0 Å². The van der Waals surface area contributed by atoms with Gasteiger partial charge in [-0.15, -0.1) is 11.3 Å². The number of carbonyl (C=O) groups is 1. The van der Waals surface area contributed by atoms with Gasteiger partial charge in [0.1, 0.15) is 15.7 Å². The number of aryl methyl sites for hydroxylation is 1. The molecule has 3 aromatic rings. The first-order chi connectivity index (χ1) is 11.1. The lowest BCUT2D eigenvalue weighted by Crippen LogP contribution is -2.22. The lowest BCUT2D eigenvalue weighted by molar-refractivity contribution is 0.0954. The van der Waals surface area contributed by atoms with E-state index in [1.807, 2.05) is 12.1 Å². The molecule has 3 rings (SSSR count). The fourth-order valence-corrected chi connectivity index (χ4v) is 3.07. The molecule has 0 unspecified atom stereocenters. The lowest BCUT2D eigenvalue weighted by Gasteiger charge is -2.03. The SMILES string of the molecule is Cc1nc(-c2ccc(F)cc2)sc1C(=O)NCc1ccncc1. The standard InChI is InChI=1S/C17H14FN3OS/c1-11-15(16(22)20-10-12-6-8-19-9-7-12)23-17(21-11)13-2-4-14(18)5-3-13/h2-9H,10H2,1H3,(H,20,22). The van der Waals surface area contributed by atoms with Crippen LogP contribution in [0.4, 0.5) is 4.39 Å². The van der Waals surface area contributed by atoms with Gasteiger partial charge in [0.05, 0.1) is 5.69 Å². The summed E-state index contributed by atoms with van der Waals surface area (Å²) in [7, 11) is 0. The van der Waals surface area contributed by atoms with Crippen molar-refractivity contribution in [3.63, 3.8) is 0 Å². The van der Waals surface area contributed by atoms with Gasteiger partial charge < -0.3 is 5.32 Å². The Bertz CT molecular complexity index is 816. The number of nitrogens with one attached hydrogen (secondary N) is 1. The van der Waals surface area contributed by atoms with Gasteiger partial charge in [-0.05, 0) is 48.9 Å². The van der Waals surface area contributed by atoms with Crippen molar-refractivity contribution < 1.29 is 9.18 Å². The highest BCUT2D eigenvalue weighted by molar-refractivity contribution is 7.17. The minimum atomic E-state index is -0.294. The van der Waals surface area contributed by atoms with E-state index in [1.54, 1.807) is 31.5 Å². The molecule has 0 saturated heterocycles. The molecule has 0 spiro atoms. The zero-order valence-electron chi connectivity index (χ0n) is 12.4. The Morgan fingerprint density at radius 1 is 1.17 bits per heavy atom. The topological polar surface area (TPSA) is 54.9 Å². The average Bonchev–Trinajstić information content (AvgIpc) is 2.96. The first kappa shape index (κ1) is 15.3. The van der Waals surface area contributed by atoms with Gasteiger partial charge in [-0.2, -0.15) is 0 Å². The molecular formula is C17H14FN3OS. The molecule has 0 aliphatic rings. The van der Waals surface area contributed by atoms with Crippen LogP contribution in [0.2, 0.25) is 0 Å². The van der Waals surface area contributed by atoms with E-state index in [2.05, 4.69) is 15.3 Å². The van der Waals surface area contributed by atoms with Gasteiger partial charge in [-0.3, -0.25) is 9.78 Å². The second kappa shape index (κ2) is 6.66. The van der Waals surface area contributed by atoms with Crippen LogP contribution in [0.3, 0.4) is 0 Å². The molecule has 1 amide bonds. The van der Waals surface area contributed by atoms with Crippen LogP contribution in [-0.4, -0.2) is 15.9 Å². The smallest absolute Gasteiger partial charge is 0.263 e. The third kappa shape index (κ3) is 3.60. The Morgan fingerprint density at radius 3 is 2.57 bits per heavy atom. The highest BCUT2D eigenvalue weighted by atomic mass is 32.1. The second-order valence-corrected chi connectivity index (χ2v) is 5.98. The Balaban J connectivity index is 1.75. The molecule has 4 nitrogen and oxygen atoms in total. The first-order valence-corrected chi connectivity index (χ1v) is 7.85. The Morgan fingerprint density at radius 2 is 1.87 bits per heavy atom. The maximum Gasteiger partial charge on any atom is 0.263 e. The monoisotopic (exact) mass is 327 g/mol. The van der Waals surface area contributed by atoms with Crippen LogP contribution in [0, 0.1) is 12.7 Å². The predicted molar refractivity (Wildman–Crippen MR) is 87.7 cm³/mol. The molecule has 6 heteroatoms. The van der Waals surface area contributed by atoms with Gasteiger partial charge in [-0.25, -0.2) is 9.37 Å². The van der Waals surface area contributed by atoms with Crippen molar-refractivity contribution in [2.45, 2.75) is 13.5 Å². The minimum Gasteiger partial charge on any atom is -0.347 e. The number of pyridine rings is 1. The number of amides is 1. The number of halogens is 1. The minimum absolute atomic E-state index is 0.162. The van der Waals surface area contributed by atoms with E-state index in [0.717, 1.165) is 11.1 Å². The second-order valence-electron chi connectivity index (χ2n) is 4.98. The van der Waals surface area contributed by atoms with Crippen LogP contribution in [-0.2, 0) is 6.54 Å². The molecule has 2 heterocycles. The number of carbonyl (C=O) groups excluding carboxylic acids is 1. The third-order valence-corrected chi connectivity index (χ3v) is 4.50. The largest absolute Gasteiger partial charge is 0.347 e. The zero-order chi connectivity index (χ0) is 16.2. The molecule has 0 radical (unpaired) electrons. The summed E-state index contributed by atoms with van der Waals surface area (Å²) in [5.74, 6) is -0.456. The van der Waals surface area contributed by atoms with Crippen LogP contribution in [0.1, 0.15) is 20.9 Å². The molecule has 0 bridgehead atoms. The highest BCUT2D eigenvalue weighted by Gasteiger charge is 2.16. The van der Waals surface area contributed by atoms with Crippen molar-refractivity contribution in [2.75, 3.05) is 0 Å². The van der Waals surface area contributed by atoms with Crippen molar-refractivity contribution in [3.8, 4) is 10.6 Å². The van der Waals surface area contributed by atoms with Crippen molar-refractivity contribution in [1.29, 1.82) is 0 Å². The van der Waals surface area contributed by atoms with E-state index in [0.29, 0.717) is 22.1 Å². The number of thiazole rings is 1. The highest BCUT2D eigenvalue weighted by Crippen LogP contribution is 2.28. The summed E-state index contributed by atoms with van der Waals surface area (Å²) in [5.41, 5.74) is 2.45. The summed E-state index contributed by atoms with van der Waals surface area (Å²) in [6, 6.07) is 9.79. The maximum atomic E-state index is 13.0. The normalized spacial score (nSPS) is 10.5. The van der Waals surface area contributed by atoms with Crippen molar-refractivity contribution in [3.05, 3.63) is 70.7 Å². The number of benzene rings is 1. The fourth-order valence-electron chi connectivity index (χ4n) is 2.09. The number of aromatic nitrogens is 2. The maximum absolute atomic E-state index is 13.0. The van der Waals surface area contributed by atoms with Gasteiger partial charge in [0.15, 0.2) is 0 Å². The van der Waals surface area contributed by atoms with Gasteiger partial charge >= 0.3 is 0 Å². The molecule has 0 atom stereocenters. The summed E-state index contributed by atoms with van der Waals surface area (Å²) < 4.78 is 13.0. The van der Waals surface area contributed by atoms with Crippen LogP contribution in [0.15, 0.2) is 48.8 Å². The van der Waals surface area contributed by atoms with Gasteiger partial charge in [-0.1, -0.05) is 0 Å². The number of hydrogen-bond donors (Lipinski definition) is 1. The Labute approximate surface area is 137 Å². The third-order valence-electron chi connectivity index (χ3n) is 3.30. The molecular weight excluding hydrogens is 313 g/mol. The van der Waals surface area contributed by atoms with Crippen molar-refractivity contribution in [1.82, 2.24) is 15.3 Å². The van der Waals surface area contributed by atoms with Gasteiger partial charge in [0.2, 0.25) is 0 Å². The number of nitrogens with zero attached hydrogens (tertiary/aromatic N) is 2. The quantitative estimate of drug-likeness (QED) is 0.797. The van der Waals surface area contributed by atoms with Crippen LogP contribution in [0.25, 0.3) is 10.6 Å². The molecule has 116 valence electrons. The first-order valence-electron chi connectivity index (χ1n) is 7.04. The van der Waals surface area contributed by atoms with Crippen LogP contribution >= 0.6 is 11.3 Å².